The molecule has 13 nitrogen and oxygen atoms in total. The Morgan fingerprint density at radius 3 is 2.50 bits per heavy atom. The van der Waals surface area contributed by atoms with Crippen molar-refractivity contribution in [2.24, 2.45) is 0 Å². The van der Waals surface area contributed by atoms with Crippen LogP contribution in [0, 0.1) is 0 Å². The Balaban J connectivity index is 1.64. The van der Waals surface area contributed by atoms with E-state index in [1.54, 1.807) is 6.92 Å². The minimum atomic E-state index is -2.26. The summed E-state index contributed by atoms with van der Waals surface area (Å²) < 4.78 is 17.2. The summed E-state index contributed by atoms with van der Waals surface area (Å²) in [5.41, 5.74) is -3.70. The number of Topliss-reactive ketones (excluding diaryl/α,β-unsaturated/α-hetero) is 1. The maximum Gasteiger partial charge on any atom is 0.202 e. The van der Waals surface area contributed by atoms with Gasteiger partial charge in [0.15, 0.2) is 17.9 Å². The molecule has 0 spiro atoms. The number of fused-ring (bicyclic) bond motifs is 3. The fourth-order valence-corrected chi connectivity index (χ4v) is 6.17. The lowest BCUT2D eigenvalue weighted by Gasteiger charge is -2.43. The number of ketones is 3. The fourth-order valence-electron chi connectivity index (χ4n) is 6.17. The molecule has 0 radical (unpaired) electrons. The number of aliphatic hydroxyl groups is 4. The Morgan fingerprint density at radius 2 is 1.83 bits per heavy atom. The zero-order valence-corrected chi connectivity index (χ0v) is 23.0. The lowest BCUT2D eigenvalue weighted by atomic mass is 9.72. The molecule has 0 bridgehead atoms. The maximum atomic E-state index is 13.7. The molecule has 0 saturated carbocycles. The molecule has 7 N–H and O–H groups in total. The number of carbonyl (C=O) groups excluding carboxylic acids is 3. The van der Waals surface area contributed by atoms with E-state index in [4.69, 9.17) is 14.2 Å². The van der Waals surface area contributed by atoms with Gasteiger partial charge < -0.3 is 50.2 Å². The van der Waals surface area contributed by atoms with E-state index < -0.39 is 95.7 Å². The van der Waals surface area contributed by atoms with Crippen LogP contribution >= 0.6 is 0 Å². The highest BCUT2D eigenvalue weighted by molar-refractivity contribution is 6.31. The smallest absolute Gasteiger partial charge is 0.202 e. The Kier molecular flexibility index (Phi) is 8.11. The zero-order chi connectivity index (χ0) is 30.5. The van der Waals surface area contributed by atoms with Crippen molar-refractivity contribution in [3.05, 3.63) is 51.6 Å². The summed E-state index contributed by atoms with van der Waals surface area (Å²) in [4.78, 5) is 40.0. The summed E-state index contributed by atoms with van der Waals surface area (Å²) in [6.07, 6.45) is -5.14. The number of phenolic OH excluding ortho intramolecular Hbond substituents is 2. The number of phenols is 2. The SMILES string of the molecule is COc1cccc2c1C(=O)c1c(O)c3c(c(O)c1C2=O)C[C@@](O)(C(=O)CO)C[C@@H]3O[C@H]1CC(NCCO)[C@H](O)[C@H](C)O1. The number of methoxy groups -OCH3 is 1. The second-order valence-electron chi connectivity index (χ2n) is 10.8. The minimum absolute atomic E-state index is 0.0589. The molecule has 5 rings (SSSR count). The van der Waals surface area contributed by atoms with Crippen LogP contribution in [0.2, 0.25) is 0 Å². The van der Waals surface area contributed by atoms with Crippen molar-refractivity contribution in [1.82, 2.24) is 5.32 Å². The van der Waals surface area contributed by atoms with Gasteiger partial charge in [-0.05, 0) is 13.0 Å². The molecule has 6 atom stereocenters. The lowest BCUT2D eigenvalue weighted by Crippen LogP contribution is -2.55. The van der Waals surface area contributed by atoms with Gasteiger partial charge in [0.05, 0.1) is 48.7 Å². The van der Waals surface area contributed by atoms with Crippen molar-refractivity contribution in [1.29, 1.82) is 0 Å². The number of aliphatic hydroxyl groups excluding tert-OH is 3. The first-order valence-electron chi connectivity index (χ1n) is 13.5. The number of benzene rings is 2. The van der Waals surface area contributed by atoms with Crippen LogP contribution in [-0.4, -0.2) is 105 Å². The number of nitrogens with one attached hydrogen (secondary N) is 1. The van der Waals surface area contributed by atoms with Gasteiger partial charge in [-0.2, -0.15) is 0 Å². The van der Waals surface area contributed by atoms with Crippen molar-refractivity contribution < 1.29 is 59.2 Å². The monoisotopic (exact) mass is 587 g/mol. The highest BCUT2D eigenvalue weighted by Crippen LogP contribution is 2.52. The molecule has 1 aliphatic heterocycles. The molecular formula is C29H33NO12. The molecule has 1 unspecified atom stereocenters. The zero-order valence-electron chi connectivity index (χ0n) is 23.0. The van der Waals surface area contributed by atoms with Crippen LogP contribution in [0.1, 0.15) is 68.8 Å². The number of carbonyl (C=O) groups is 3. The molecule has 0 amide bonds. The van der Waals surface area contributed by atoms with Crippen LogP contribution in [0.3, 0.4) is 0 Å². The predicted octanol–water partition coefficient (Wildman–Crippen LogP) is -0.376. The summed E-state index contributed by atoms with van der Waals surface area (Å²) in [6, 6.07) is 3.79. The van der Waals surface area contributed by atoms with Crippen molar-refractivity contribution >= 4 is 17.3 Å². The Morgan fingerprint density at radius 1 is 1.12 bits per heavy atom. The first-order chi connectivity index (χ1) is 20.0. The molecule has 1 heterocycles. The van der Waals surface area contributed by atoms with E-state index in [2.05, 4.69) is 5.32 Å². The summed E-state index contributed by atoms with van der Waals surface area (Å²) in [5.74, 6) is -3.82. The molecule has 1 fully saturated rings. The molecule has 226 valence electrons. The van der Waals surface area contributed by atoms with Gasteiger partial charge in [0, 0.05) is 48.5 Å². The number of hydrogen-bond acceptors (Lipinski definition) is 13. The fraction of sp³-hybridized carbons (Fsp3) is 0.483. The molecule has 3 aliphatic rings. The molecule has 2 aromatic carbocycles. The highest BCUT2D eigenvalue weighted by Gasteiger charge is 2.50. The van der Waals surface area contributed by atoms with Crippen molar-refractivity contribution in [3.63, 3.8) is 0 Å². The van der Waals surface area contributed by atoms with Crippen molar-refractivity contribution in [3.8, 4) is 17.2 Å². The first kappa shape index (κ1) is 30.0. The maximum absolute atomic E-state index is 13.7. The van der Waals surface area contributed by atoms with Gasteiger partial charge in [-0.25, -0.2) is 0 Å². The first-order valence-corrected chi connectivity index (χ1v) is 13.5. The normalized spacial score (nSPS) is 28.6. The Hall–Kier alpha value is -3.43. The third-order valence-electron chi connectivity index (χ3n) is 8.28. The van der Waals surface area contributed by atoms with Crippen molar-refractivity contribution in [2.75, 3.05) is 26.9 Å². The summed E-state index contributed by atoms with van der Waals surface area (Å²) in [5, 5.41) is 66.6. The molecule has 2 aliphatic carbocycles. The molecule has 2 aromatic rings. The van der Waals surface area contributed by atoms with E-state index in [-0.39, 0.29) is 47.6 Å². The molecule has 13 heteroatoms. The average molecular weight is 588 g/mol. The molecular weight excluding hydrogens is 554 g/mol. The standard InChI is InChI=1S/C29H33NO12/c1-12-24(34)15(30-6-7-31)8-19(41-12)42-17-10-29(39,18(33)11-32)9-14-21(17)28(38)23-22(26(14)36)25(35)13-4-3-5-16(40-2)20(13)27(23)37/h3-5,12,15,17,19,24,30-32,34,36,38-39H,6-11H2,1-2H3/t12-,15?,17-,19-,24+,29-/m0/s1. The lowest BCUT2D eigenvalue weighted by molar-refractivity contribution is -0.249. The van der Waals surface area contributed by atoms with Crippen LogP contribution in [0.25, 0.3) is 0 Å². The second kappa shape index (κ2) is 11.3. The van der Waals surface area contributed by atoms with Crippen LogP contribution in [0.5, 0.6) is 17.2 Å². The van der Waals surface area contributed by atoms with Gasteiger partial charge in [0.25, 0.3) is 0 Å². The predicted molar refractivity (Wildman–Crippen MR) is 143 cm³/mol. The van der Waals surface area contributed by atoms with Crippen LogP contribution in [0.4, 0.5) is 0 Å². The van der Waals surface area contributed by atoms with E-state index in [0.29, 0.717) is 0 Å². The van der Waals surface area contributed by atoms with E-state index in [0.717, 1.165) is 0 Å². The topological polar surface area (TPSA) is 212 Å². The second-order valence-corrected chi connectivity index (χ2v) is 10.8. The van der Waals surface area contributed by atoms with E-state index >= 15 is 0 Å². The minimum Gasteiger partial charge on any atom is -0.507 e. The van der Waals surface area contributed by atoms with Crippen LogP contribution in [-0.2, 0) is 20.7 Å². The van der Waals surface area contributed by atoms with Gasteiger partial charge >= 0.3 is 0 Å². The van der Waals surface area contributed by atoms with Crippen LogP contribution < -0.4 is 10.1 Å². The number of ether oxygens (including phenoxy) is 3. The number of aromatic hydroxyl groups is 2. The third-order valence-corrected chi connectivity index (χ3v) is 8.28. The quantitative estimate of drug-likeness (QED) is 0.168. The van der Waals surface area contributed by atoms with Gasteiger partial charge in [0.1, 0.15) is 29.5 Å². The van der Waals surface area contributed by atoms with Crippen molar-refractivity contribution in [2.45, 2.75) is 62.4 Å². The van der Waals surface area contributed by atoms with E-state index in [1.807, 2.05) is 0 Å². The van der Waals surface area contributed by atoms with Gasteiger partial charge in [-0.1, -0.05) is 12.1 Å². The van der Waals surface area contributed by atoms with Gasteiger partial charge in [-0.15, -0.1) is 0 Å². The van der Waals surface area contributed by atoms with Crippen LogP contribution in [0.15, 0.2) is 18.2 Å². The summed E-state index contributed by atoms with van der Waals surface area (Å²) in [6.45, 7) is 0.565. The largest absolute Gasteiger partial charge is 0.507 e. The average Bonchev–Trinajstić information content (AvgIpc) is 2.97. The molecule has 1 saturated heterocycles. The summed E-state index contributed by atoms with van der Waals surface area (Å²) >= 11 is 0. The number of rotatable bonds is 8. The third kappa shape index (κ3) is 4.76. The Bertz CT molecular complexity index is 1440. The highest BCUT2D eigenvalue weighted by atomic mass is 16.7. The van der Waals surface area contributed by atoms with E-state index in [1.165, 1.54) is 25.3 Å². The van der Waals surface area contributed by atoms with E-state index in [9.17, 15) is 45.0 Å². The van der Waals surface area contributed by atoms with Gasteiger partial charge in [0.2, 0.25) is 5.78 Å². The number of hydrogen-bond donors (Lipinski definition) is 7. The van der Waals surface area contributed by atoms with Gasteiger partial charge in [-0.3, -0.25) is 14.4 Å². The Labute approximate surface area is 240 Å². The molecule has 42 heavy (non-hydrogen) atoms. The molecule has 0 aromatic heterocycles. The summed E-state index contributed by atoms with van der Waals surface area (Å²) in [7, 11) is 1.32.